The Bertz CT molecular complexity index is 860. The van der Waals surface area contributed by atoms with Crippen LogP contribution >= 0.6 is 11.8 Å². The number of carbonyl (C=O) groups is 1. The molecule has 0 spiro atoms. The van der Waals surface area contributed by atoms with E-state index < -0.39 is 0 Å². The molecule has 7 nitrogen and oxygen atoms in total. The molecule has 4 rings (SSSR count). The van der Waals surface area contributed by atoms with E-state index in [1.54, 1.807) is 18.5 Å². The molecule has 3 aromatic rings. The van der Waals surface area contributed by atoms with E-state index in [2.05, 4.69) is 19.9 Å². The predicted molar refractivity (Wildman–Crippen MR) is 96.7 cm³/mol. The molecule has 1 amide bonds. The van der Waals surface area contributed by atoms with Gasteiger partial charge in [0.2, 0.25) is 11.9 Å². The number of aromatic nitrogens is 4. The van der Waals surface area contributed by atoms with Gasteiger partial charge in [-0.2, -0.15) is 0 Å². The van der Waals surface area contributed by atoms with Crippen LogP contribution in [0.4, 0.5) is 5.95 Å². The zero-order valence-corrected chi connectivity index (χ0v) is 14.5. The molecule has 4 heterocycles. The summed E-state index contributed by atoms with van der Waals surface area (Å²) in [6, 6.07) is 7.75. The van der Waals surface area contributed by atoms with E-state index >= 15 is 0 Å². The van der Waals surface area contributed by atoms with Crippen LogP contribution in [0.1, 0.15) is 0 Å². The molecule has 0 atom stereocenters. The molecule has 0 N–H and O–H groups in total. The topological polar surface area (TPSA) is 66.6 Å². The molecule has 128 valence electrons. The lowest BCUT2D eigenvalue weighted by molar-refractivity contribution is -0.128. The number of amides is 1. The minimum absolute atomic E-state index is 0.145. The minimum Gasteiger partial charge on any atom is -0.338 e. The molecule has 0 aliphatic carbocycles. The highest BCUT2D eigenvalue weighted by atomic mass is 32.2. The van der Waals surface area contributed by atoms with Crippen molar-refractivity contribution in [2.24, 2.45) is 0 Å². The molecule has 3 aromatic heterocycles. The Hall–Kier alpha value is -2.61. The number of nitrogens with zero attached hydrogens (tertiary/aromatic N) is 6. The summed E-state index contributed by atoms with van der Waals surface area (Å²) >= 11 is 1.48. The number of hydrogen-bond donors (Lipinski definition) is 0. The first-order chi connectivity index (χ1) is 12.3. The fraction of sp³-hybridized carbons (Fsp3) is 0.294. The molecular formula is C17H18N6OS. The first-order valence-electron chi connectivity index (χ1n) is 8.16. The summed E-state index contributed by atoms with van der Waals surface area (Å²) in [5, 5.41) is 0.847. The second-order valence-electron chi connectivity index (χ2n) is 5.74. The van der Waals surface area contributed by atoms with Crippen LogP contribution in [0.15, 0.2) is 54.2 Å². The molecule has 1 aliphatic heterocycles. The zero-order valence-electron chi connectivity index (χ0n) is 13.7. The highest BCUT2D eigenvalue weighted by Crippen LogP contribution is 2.19. The van der Waals surface area contributed by atoms with Crippen LogP contribution in [0, 0.1) is 0 Å². The van der Waals surface area contributed by atoms with Crippen molar-refractivity contribution >= 4 is 29.1 Å². The third kappa shape index (κ3) is 3.43. The van der Waals surface area contributed by atoms with Gasteiger partial charge in [0, 0.05) is 44.8 Å². The minimum atomic E-state index is 0.145. The third-order valence-electron chi connectivity index (χ3n) is 4.20. The number of fused-ring (bicyclic) bond motifs is 1. The molecule has 8 heteroatoms. The maximum Gasteiger partial charge on any atom is 0.233 e. The van der Waals surface area contributed by atoms with Crippen LogP contribution in [0.2, 0.25) is 0 Å². The maximum atomic E-state index is 12.5. The van der Waals surface area contributed by atoms with Gasteiger partial charge in [-0.1, -0.05) is 17.8 Å². The first kappa shape index (κ1) is 15.9. The number of thioether (sulfide) groups is 1. The van der Waals surface area contributed by atoms with E-state index in [4.69, 9.17) is 0 Å². The smallest absolute Gasteiger partial charge is 0.233 e. The van der Waals surface area contributed by atoms with Gasteiger partial charge in [0.15, 0.2) is 5.16 Å². The van der Waals surface area contributed by atoms with Crippen molar-refractivity contribution in [2.45, 2.75) is 5.16 Å². The van der Waals surface area contributed by atoms with Gasteiger partial charge in [-0.15, -0.1) is 0 Å². The van der Waals surface area contributed by atoms with Gasteiger partial charge in [-0.05, 0) is 18.2 Å². The molecule has 0 aromatic carbocycles. The lowest BCUT2D eigenvalue weighted by atomic mass is 10.3. The summed E-state index contributed by atoms with van der Waals surface area (Å²) in [6.45, 7) is 2.90. The van der Waals surface area contributed by atoms with E-state index in [-0.39, 0.29) is 5.91 Å². The average Bonchev–Trinajstić information content (AvgIpc) is 3.10. The van der Waals surface area contributed by atoms with E-state index in [1.807, 2.05) is 39.9 Å². The number of anilines is 1. The molecule has 0 bridgehead atoms. The monoisotopic (exact) mass is 354 g/mol. The van der Waals surface area contributed by atoms with Gasteiger partial charge in [0.05, 0.1) is 17.5 Å². The number of rotatable bonds is 4. The molecule has 1 aliphatic rings. The van der Waals surface area contributed by atoms with Crippen LogP contribution in [0.3, 0.4) is 0 Å². The molecule has 0 unspecified atom stereocenters. The Morgan fingerprint density at radius 3 is 2.64 bits per heavy atom. The number of hydrogen-bond acceptors (Lipinski definition) is 6. The molecule has 1 saturated heterocycles. The van der Waals surface area contributed by atoms with E-state index in [0.29, 0.717) is 18.8 Å². The third-order valence-corrected chi connectivity index (χ3v) is 5.15. The van der Waals surface area contributed by atoms with Gasteiger partial charge in [0.25, 0.3) is 0 Å². The van der Waals surface area contributed by atoms with Gasteiger partial charge in [-0.25, -0.2) is 15.0 Å². The Balaban J connectivity index is 1.32. The molecule has 0 radical (unpaired) electrons. The van der Waals surface area contributed by atoms with Gasteiger partial charge in [0.1, 0.15) is 0 Å². The van der Waals surface area contributed by atoms with Crippen LogP contribution in [0.5, 0.6) is 0 Å². The Morgan fingerprint density at radius 1 is 1.04 bits per heavy atom. The van der Waals surface area contributed by atoms with Crippen LogP contribution in [-0.4, -0.2) is 62.1 Å². The van der Waals surface area contributed by atoms with Crippen molar-refractivity contribution < 1.29 is 4.79 Å². The van der Waals surface area contributed by atoms with Crippen molar-refractivity contribution in [1.82, 2.24) is 24.3 Å². The van der Waals surface area contributed by atoms with Crippen LogP contribution in [0.25, 0.3) is 5.52 Å². The van der Waals surface area contributed by atoms with Gasteiger partial charge in [-0.3, -0.25) is 9.20 Å². The Labute approximate surface area is 149 Å². The summed E-state index contributed by atoms with van der Waals surface area (Å²) in [4.78, 5) is 29.4. The summed E-state index contributed by atoms with van der Waals surface area (Å²) in [7, 11) is 0. The standard InChI is InChI=1S/C17H18N6OS/c24-15(13-25-17-20-12-14-4-1-2-7-23(14)17)21-8-10-22(11-9-21)16-18-5-3-6-19-16/h1-7,12H,8-11,13H2. The zero-order chi connectivity index (χ0) is 17.1. The fourth-order valence-corrected chi connectivity index (χ4v) is 3.72. The lowest BCUT2D eigenvalue weighted by Gasteiger charge is -2.34. The second kappa shape index (κ2) is 7.10. The van der Waals surface area contributed by atoms with E-state index in [0.717, 1.165) is 29.7 Å². The first-order valence-corrected chi connectivity index (χ1v) is 9.14. The molecule has 0 saturated carbocycles. The maximum absolute atomic E-state index is 12.5. The second-order valence-corrected chi connectivity index (χ2v) is 6.68. The van der Waals surface area contributed by atoms with Crippen molar-refractivity contribution in [3.8, 4) is 0 Å². The van der Waals surface area contributed by atoms with Gasteiger partial charge >= 0.3 is 0 Å². The summed E-state index contributed by atoms with van der Waals surface area (Å²) in [5.41, 5.74) is 1.04. The highest BCUT2D eigenvalue weighted by molar-refractivity contribution is 7.99. The van der Waals surface area contributed by atoms with Gasteiger partial charge < -0.3 is 9.80 Å². The number of piperazine rings is 1. The van der Waals surface area contributed by atoms with Crippen LogP contribution < -0.4 is 4.90 Å². The van der Waals surface area contributed by atoms with Crippen molar-refractivity contribution in [3.63, 3.8) is 0 Å². The SMILES string of the molecule is O=C(CSc1ncc2ccccn12)N1CCN(c2ncccn2)CC1. The highest BCUT2D eigenvalue weighted by Gasteiger charge is 2.22. The largest absolute Gasteiger partial charge is 0.338 e. The number of carbonyl (C=O) groups excluding carboxylic acids is 1. The summed E-state index contributed by atoms with van der Waals surface area (Å²) in [5.74, 6) is 1.27. The lowest BCUT2D eigenvalue weighted by Crippen LogP contribution is -2.49. The van der Waals surface area contributed by atoms with E-state index in [9.17, 15) is 4.79 Å². The summed E-state index contributed by atoms with van der Waals surface area (Å²) < 4.78 is 2.00. The van der Waals surface area contributed by atoms with Crippen molar-refractivity contribution in [3.05, 3.63) is 49.1 Å². The van der Waals surface area contributed by atoms with Crippen LogP contribution in [-0.2, 0) is 4.79 Å². The van der Waals surface area contributed by atoms with E-state index in [1.165, 1.54) is 11.8 Å². The molecule has 1 fully saturated rings. The molecule has 25 heavy (non-hydrogen) atoms. The van der Waals surface area contributed by atoms with Crippen molar-refractivity contribution in [2.75, 3.05) is 36.8 Å². The summed E-state index contributed by atoms with van der Waals surface area (Å²) in [6.07, 6.45) is 7.27. The molecular weight excluding hydrogens is 336 g/mol. The average molecular weight is 354 g/mol. The van der Waals surface area contributed by atoms with Crippen molar-refractivity contribution in [1.29, 1.82) is 0 Å². The Morgan fingerprint density at radius 2 is 1.84 bits per heavy atom. The number of pyridine rings is 1. The normalized spacial score (nSPS) is 14.9. The quantitative estimate of drug-likeness (QED) is 0.663. The predicted octanol–water partition coefficient (Wildman–Crippen LogP) is 1.57. The fourth-order valence-electron chi connectivity index (χ4n) is 2.85. The number of imidazole rings is 1. The Kier molecular flexibility index (Phi) is 4.51.